The van der Waals surface area contributed by atoms with Crippen molar-refractivity contribution in [2.75, 3.05) is 0 Å². The molecule has 1 N–H and O–H groups in total. The van der Waals surface area contributed by atoms with Crippen LogP contribution in [0.4, 0.5) is 4.39 Å². The molecule has 0 fully saturated rings. The quantitative estimate of drug-likeness (QED) is 0.900. The Morgan fingerprint density at radius 2 is 2.06 bits per heavy atom. The molecule has 0 saturated carbocycles. The lowest BCUT2D eigenvalue weighted by atomic mass is 10.3. The number of hydrogen-bond donors (Lipinski definition) is 1. The summed E-state index contributed by atoms with van der Waals surface area (Å²) >= 11 is 5.58. The van der Waals surface area contributed by atoms with E-state index in [9.17, 15) is 14.0 Å². The molecule has 1 heterocycles. The van der Waals surface area contributed by atoms with E-state index in [1.54, 1.807) is 0 Å². The number of carboxylic acids is 1. The molecule has 0 bridgehead atoms. The zero-order chi connectivity index (χ0) is 13.3. The summed E-state index contributed by atoms with van der Waals surface area (Å²) in [7, 11) is 0. The summed E-state index contributed by atoms with van der Waals surface area (Å²) in [5, 5.41) is 12.2. The first kappa shape index (κ1) is 12.3. The van der Waals surface area contributed by atoms with E-state index in [4.69, 9.17) is 16.7 Å². The number of aromatic nitrogens is 2. The molecule has 5 nitrogen and oxygen atoms in total. The molecule has 2 rings (SSSR count). The average Bonchev–Trinajstić information content (AvgIpc) is 2.33. The van der Waals surface area contributed by atoms with E-state index in [2.05, 4.69) is 5.10 Å². The minimum Gasteiger partial charge on any atom is -0.476 e. The van der Waals surface area contributed by atoms with E-state index < -0.39 is 17.3 Å². The first-order valence-corrected chi connectivity index (χ1v) is 5.16. The summed E-state index contributed by atoms with van der Waals surface area (Å²) in [6, 6.07) is 5.69. The average molecular weight is 269 g/mol. The third-order valence-corrected chi connectivity index (χ3v) is 2.46. The van der Waals surface area contributed by atoms with Crippen molar-refractivity contribution in [3.05, 3.63) is 57.2 Å². The monoisotopic (exact) mass is 268 g/mol. The van der Waals surface area contributed by atoms with Crippen molar-refractivity contribution in [3.8, 4) is 5.69 Å². The van der Waals surface area contributed by atoms with Crippen molar-refractivity contribution in [1.29, 1.82) is 0 Å². The van der Waals surface area contributed by atoms with Crippen LogP contribution in [0, 0.1) is 5.82 Å². The Labute approximate surface area is 105 Å². The number of halogens is 2. The summed E-state index contributed by atoms with van der Waals surface area (Å²) in [5.41, 5.74) is -0.646. The fraction of sp³-hybridized carbons (Fsp3) is 0. The summed E-state index contributed by atoms with van der Waals surface area (Å²) in [6.07, 6.45) is 0. The van der Waals surface area contributed by atoms with Gasteiger partial charge in [-0.3, -0.25) is 4.79 Å². The molecule has 1 aromatic heterocycles. The van der Waals surface area contributed by atoms with Gasteiger partial charge in [0.1, 0.15) is 5.82 Å². The van der Waals surface area contributed by atoms with Crippen LogP contribution in [0.2, 0.25) is 5.02 Å². The Hall–Kier alpha value is -2.21. The van der Waals surface area contributed by atoms with Crippen LogP contribution in [-0.2, 0) is 0 Å². The lowest BCUT2D eigenvalue weighted by Gasteiger charge is -2.05. The smallest absolute Gasteiger partial charge is 0.356 e. The zero-order valence-corrected chi connectivity index (χ0v) is 9.56. The molecule has 0 aliphatic rings. The topological polar surface area (TPSA) is 72.2 Å². The lowest BCUT2D eigenvalue weighted by Crippen LogP contribution is -2.22. The Morgan fingerprint density at radius 1 is 1.33 bits per heavy atom. The number of benzene rings is 1. The Morgan fingerprint density at radius 3 is 2.67 bits per heavy atom. The summed E-state index contributed by atoms with van der Waals surface area (Å²) in [4.78, 5) is 22.3. The van der Waals surface area contributed by atoms with Gasteiger partial charge in [-0.15, -0.1) is 0 Å². The highest BCUT2D eigenvalue weighted by Gasteiger charge is 2.10. The van der Waals surface area contributed by atoms with Gasteiger partial charge in [-0.25, -0.2) is 9.18 Å². The summed E-state index contributed by atoms with van der Waals surface area (Å²) in [6.45, 7) is 0. The van der Waals surface area contributed by atoms with Crippen molar-refractivity contribution in [1.82, 2.24) is 9.78 Å². The SMILES string of the molecule is O=C(O)c1ccc(=O)n(-c2ccc(F)c(Cl)c2)n1. The summed E-state index contributed by atoms with van der Waals surface area (Å²) < 4.78 is 13.8. The number of carbonyl (C=O) groups is 1. The molecule has 0 saturated heterocycles. The zero-order valence-electron chi connectivity index (χ0n) is 8.80. The molecular weight excluding hydrogens is 263 g/mol. The van der Waals surface area contributed by atoms with Crippen molar-refractivity contribution in [2.24, 2.45) is 0 Å². The maximum absolute atomic E-state index is 13.0. The van der Waals surface area contributed by atoms with Crippen molar-refractivity contribution < 1.29 is 14.3 Å². The Kier molecular flexibility index (Phi) is 3.12. The van der Waals surface area contributed by atoms with Crippen molar-refractivity contribution >= 4 is 17.6 Å². The highest BCUT2D eigenvalue weighted by atomic mass is 35.5. The number of nitrogens with zero attached hydrogens (tertiary/aromatic N) is 2. The molecule has 7 heteroatoms. The van der Waals surface area contributed by atoms with E-state index in [-0.39, 0.29) is 16.4 Å². The standard InChI is InChI=1S/C11H6ClFN2O3/c12-7-5-6(1-2-8(7)13)15-10(16)4-3-9(14-15)11(17)18/h1-5H,(H,17,18). The predicted molar refractivity (Wildman–Crippen MR) is 61.8 cm³/mol. The van der Waals surface area contributed by atoms with Crippen LogP contribution in [0.5, 0.6) is 0 Å². The minimum absolute atomic E-state index is 0.179. The number of aromatic carboxylic acids is 1. The predicted octanol–water partition coefficient (Wildman–Crippen LogP) is 1.72. The van der Waals surface area contributed by atoms with Gasteiger partial charge in [0.2, 0.25) is 0 Å². The van der Waals surface area contributed by atoms with Gasteiger partial charge in [0.05, 0.1) is 10.7 Å². The third kappa shape index (κ3) is 2.23. The van der Waals surface area contributed by atoms with Crippen LogP contribution in [0.3, 0.4) is 0 Å². The molecule has 0 spiro atoms. The molecule has 1 aromatic carbocycles. The molecule has 0 radical (unpaired) electrons. The molecule has 0 aliphatic carbocycles. The second kappa shape index (κ2) is 4.58. The minimum atomic E-state index is -1.27. The van der Waals surface area contributed by atoms with Gasteiger partial charge >= 0.3 is 5.97 Å². The highest BCUT2D eigenvalue weighted by Crippen LogP contribution is 2.17. The first-order chi connectivity index (χ1) is 8.49. The highest BCUT2D eigenvalue weighted by molar-refractivity contribution is 6.30. The van der Waals surface area contributed by atoms with Gasteiger partial charge in [0, 0.05) is 6.07 Å². The van der Waals surface area contributed by atoms with Gasteiger partial charge in [-0.05, 0) is 24.3 Å². The van der Waals surface area contributed by atoms with Gasteiger partial charge in [-0.2, -0.15) is 9.78 Å². The second-order valence-corrected chi connectivity index (χ2v) is 3.78. The molecule has 2 aromatic rings. The Bertz CT molecular complexity index is 684. The van der Waals surface area contributed by atoms with E-state index in [1.807, 2.05) is 0 Å². The maximum atomic E-state index is 13.0. The van der Waals surface area contributed by atoms with Crippen molar-refractivity contribution in [2.45, 2.75) is 0 Å². The first-order valence-electron chi connectivity index (χ1n) is 4.78. The molecule has 0 amide bonds. The van der Waals surface area contributed by atoms with Crippen LogP contribution in [0.25, 0.3) is 5.69 Å². The number of hydrogen-bond acceptors (Lipinski definition) is 3. The fourth-order valence-corrected chi connectivity index (χ4v) is 1.50. The summed E-state index contributed by atoms with van der Waals surface area (Å²) in [5.74, 6) is -1.90. The third-order valence-electron chi connectivity index (χ3n) is 2.17. The van der Waals surface area contributed by atoms with Gasteiger partial charge in [0.15, 0.2) is 5.69 Å². The number of rotatable bonds is 2. The van der Waals surface area contributed by atoms with Crippen LogP contribution < -0.4 is 5.56 Å². The van der Waals surface area contributed by atoms with Crippen molar-refractivity contribution in [3.63, 3.8) is 0 Å². The van der Waals surface area contributed by atoms with E-state index in [0.717, 1.165) is 22.9 Å². The maximum Gasteiger partial charge on any atom is 0.356 e. The number of carboxylic acid groups (broad SMARTS) is 1. The normalized spacial score (nSPS) is 10.3. The van der Waals surface area contributed by atoms with Crippen LogP contribution in [-0.4, -0.2) is 20.9 Å². The van der Waals surface area contributed by atoms with Crippen LogP contribution in [0.15, 0.2) is 35.1 Å². The molecule has 0 aliphatic heterocycles. The van der Waals surface area contributed by atoms with Crippen LogP contribution >= 0.6 is 11.6 Å². The molecule has 0 atom stereocenters. The molecule has 18 heavy (non-hydrogen) atoms. The molecule has 92 valence electrons. The molecule has 0 unspecified atom stereocenters. The van der Waals surface area contributed by atoms with Crippen LogP contribution in [0.1, 0.15) is 10.5 Å². The fourth-order valence-electron chi connectivity index (χ4n) is 1.33. The van der Waals surface area contributed by atoms with E-state index in [1.165, 1.54) is 12.1 Å². The lowest BCUT2D eigenvalue weighted by molar-refractivity contribution is 0.0688. The van der Waals surface area contributed by atoms with Gasteiger partial charge < -0.3 is 5.11 Å². The second-order valence-electron chi connectivity index (χ2n) is 3.37. The largest absolute Gasteiger partial charge is 0.476 e. The van der Waals surface area contributed by atoms with Gasteiger partial charge in [-0.1, -0.05) is 11.6 Å². The van der Waals surface area contributed by atoms with E-state index >= 15 is 0 Å². The van der Waals surface area contributed by atoms with E-state index in [0.29, 0.717) is 0 Å². The van der Waals surface area contributed by atoms with Gasteiger partial charge in [0.25, 0.3) is 5.56 Å². The Balaban J connectivity index is 2.62. The molecular formula is C11H6ClFN2O3.